The minimum atomic E-state index is -3.14. The molecule has 2 aliphatic heterocycles. The van der Waals surface area contributed by atoms with E-state index in [1.165, 1.54) is 16.1 Å². The van der Waals surface area contributed by atoms with Gasteiger partial charge < -0.3 is 15.0 Å². The Balaban J connectivity index is 1.49. The molecule has 2 fully saturated rings. The summed E-state index contributed by atoms with van der Waals surface area (Å²) in [4.78, 5) is 14.4. The second-order valence-electron chi connectivity index (χ2n) is 7.09. The van der Waals surface area contributed by atoms with E-state index in [0.717, 1.165) is 18.7 Å². The zero-order valence-corrected chi connectivity index (χ0v) is 16.2. The SMILES string of the molecule is COc1ccc(C2CCN(C(=O)NC3CCN(S(C)(=O)=O)CC3)C2)cc1. The summed E-state index contributed by atoms with van der Waals surface area (Å²) < 4.78 is 29.8. The maximum absolute atomic E-state index is 12.5. The molecule has 1 atom stereocenters. The van der Waals surface area contributed by atoms with E-state index in [4.69, 9.17) is 4.74 Å². The highest BCUT2D eigenvalue weighted by molar-refractivity contribution is 7.88. The van der Waals surface area contributed by atoms with Crippen molar-refractivity contribution in [1.29, 1.82) is 0 Å². The Kier molecular flexibility index (Phi) is 5.72. The summed E-state index contributed by atoms with van der Waals surface area (Å²) in [7, 11) is -1.49. The first-order valence-corrected chi connectivity index (χ1v) is 10.9. The van der Waals surface area contributed by atoms with Crippen LogP contribution in [0.1, 0.15) is 30.7 Å². The molecule has 0 aromatic heterocycles. The van der Waals surface area contributed by atoms with Gasteiger partial charge in [0.15, 0.2) is 0 Å². The number of benzene rings is 1. The topological polar surface area (TPSA) is 79.0 Å². The first-order valence-electron chi connectivity index (χ1n) is 9.01. The highest BCUT2D eigenvalue weighted by Gasteiger charge is 2.30. The predicted molar refractivity (Wildman–Crippen MR) is 99.9 cm³/mol. The van der Waals surface area contributed by atoms with Crippen LogP contribution < -0.4 is 10.1 Å². The third kappa shape index (κ3) is 4.48. The van der Waals surface area contributed by atoms with E-state index in [0.29, 0.717) is 38.4 Å². The zero-order chi connectivity index (χ0) is 18.7. The number of urea groups is 1. The molecule has 1 N–H and O–H groups in total. The van der Waals surface area contributed by atoms with Gasteiger partial charge in [-0.25, -0.2) is 17.5 Å². The van der Waals surface area contributed by atoms with Crippen molar-refractivity contribution in [1.82, 2.24) is 14.5 Å². The number of amides is 2. The lowest BCUT2D eigenvalue weighted by molar-refractivity contribution is 0.196. The van der Waals surface area contributed by atoms with Crippen LogP contribution in [-0.2, 0) is 10.0 Å². The fourth-order valence-electron chi connectivity index (χ4n) is 3.69. The highest BCUT2D eigenvalue weighted by atomic mass is 32.2. The number of carbonyl (C=O) groups excluding carboxylic acids is 1. The minimum absolute atomic E-state index is 0.0422. The molecular formula is C18H27N3O4S. The zero-order valence-electron chi connectivity index (χ0n) is 15.3. The molecular weight excluding hydrogens is 354 g/mol. The summed E-state index contributed by atoms with van der Waals surface area (Å²) in [6.07, 6.45) is 3.50. The first-order chi connectivity index (χ1) is 12.4. The van der Waals surface area contributed by atoms with Gasteiger partial charge in [0.1, 0.15) is 5.75 Å². The van der Waals surface area contributed by atoms with Gasteiger partial charge in [-0.1, -0.05) is 12.1 Å². The molecule has 2 heterocycles. The fourth-order valence-corrected chi connectivity index (χ4v) is 4.56. The van der Waals surface area contributed by atoms with Crippen LogP contribution in [-0.4, -0.2) is 69.2 Å². The van der Waals surface area contributed by atoms with Crippen LogP contribution in [0.2, 0.25) is 0 Å². The third-order valence-electron chi connectivity index (χ3n) is 5.31. The van der Waals surface area contributed by atoms with Crippen LogP contribution in [0.3, 0.4) is 0 Å². The number of carbonyl (C=O) groups is 1. The molecule has 1 aromatic carbocycles. The summed E-state index contributed by atoms with van der Waals surface area (Å²) in [5.41, 5.74) is 1.22. The number of nitrogens with zero attached hydrogens (tertiary/aromatic N) is 2. The number of sulfonamides is 1. The molecule has 0 bridgehead atoms. The van der Waals surface area contributed by atoms with E-state index >= 15 is 0 Å². The van der Waals surface area contributed by atoms with Crippen LogP contribution in [0.25, 0.3) is 0 Å². The number of nitrogens with one attached hydrogen (secondary N) is 1. The van der Waals surface area contributed by atoms with Crippen molar-refractivity contribution in [2.75, 3.05) is 39.5 Å². The lowest BCUT2D eigenvalue weighted by Crippen LogP contribution is -2.49. The van der Waals surface area contributed by atoms with Crippen molar-refractivity contribution in [3.63, 3.8) is 0 Å². The van der Waals surface area contributed by atoms with Crippen molar-refractivity contribution in [3.8, 4) is 5.75 Å². The average molecular weight is 381 g/mol. The second-order valence-corrected chi connectivity index (χ2v) is 9.07. The van der Waals surface area contributed by atoms with E-state index in [2.05, 4.69) is 17.4 Å². The van der Waals surface area contributed by atoms with Crippen LogP contribution in [0.15, 0.2) is 24.3 Å². The highest BCUT2D eigenvalue weighted by Crippen LogP contribution is 2.28. The van der Waals surface area contributed by atoms with Gasteiger partial charge in [-0.05, 0) is 37.0 Å². The number of piperidine rings is 1. The smallest absolute Gasteiger partial charge is 0.317 e. The van der Waals surface area contributed by atoms with Crippen molar-refractivity contribution in [2.24, 2.45) is 0 Å². The standard InChI is InChI=1S/C18H27N3O4S/c1-25-17-5-3-14(4-6-17)15-7-10-20(13-15)18(22)19-16-8-11-21(12-9-16)26(2,23)24/h3-6,15-16H,7-13H2,1-2H3,(H,19,22). The van der Waals surface area contributed by atoms with Crippen molar-refractivity contribution in [2.45, 2.75) is 31.2 Å². The predicted octanol–water partition coefficient (Wildman–Crippen LogP) is 1.62. The number of methoxy groups -OCH3 is 1. The fraction of sp³-hybridized carbons (Fsp3) is 0.611. The largest absolute Gasteiger partial charge is 0.497 e. The Labute approximate surface area is 155 Å². The molecule has 0 spiro atoms. The van der Waals surface area contributed by atoms with E-state index < -0.39 is 10.0 Å². The van der Waals surface area contributed by atoms with Gasteiger partial charge in [-0.15, -0.1) is 0 Å². The van der Waals surface area contributed by atoms with Crippen molar-refractivity contribution >= 4 is 16.1 Å². The Morgan fingerprint density at radius 2 is 1.77 bits per heavy atom. The van der Waals surface area contributed by atoms with Gasteiger partial charge in [0.2, 0.25) is 10.0 Å². The van der Waals surface area contributed by atoms with Crippen LogP contribution in [0.4, 0.5) is 4.79 Å². The maximum atomic E-state index is 12.5. The molecule has 1 aromatic rings. The summed E-state index contributed by atoms with van der Waals surface area (Å²) in [5, 5.41) is 3.07. The molecule has 1 unspecified atom stereocenters. The molecule has 7 nitrogen and oxygen atoms in total. The first kappa shape index (κ1) is 19.0. The van der Waals surface area contributed by atoms with E-state index in [-0.39, 0.29) is 12.1 Å². The molecule has 0 radical (unpaired) electrons. The van der Waals surface area contributed by atoms with E-state index in [1.807, 2.05) is 17.0 Å². The molecule has 2 saturated heterocycles. The van der Waals surface area contributed by atoms with Crippen molar-refractivity contribution in [3.05, 3.63) is 29.8 Å². The molecule has 0 aliphatic carbocycles. The number of ether oxygens (including phenoxy) is 1. The normalized spacial score (nSPS) is 22.4. The summed E-state index contributed by atoms with van der Waals surface area (Å²) in [6, 6.07) is 8.03. The Hall–Kier alpha value is -1.80. The molecule has 0 saturated carbocycles. The van der Waals surface area contributed by atoms with Gasteiger partial charge in [0.05, 0.1) is 13.4 Å². The molecule has 2 amide bonds. The Bertz CT molecular complexity index is 727. The van der Waals surface area contributed by atoms with E-state index in [1.54, 1.807) is 7.11 Å². The number of hydrogen-bond donors (Lipinski definition) is 1. The molecule has 26 heavy (non-hydrogen) atoms. The average Bonchev–Trinajstić information content (AvgIpc) is 3.12. The van der Waals surface area contributed by atoms with Gasteiger partial charge in [0, 0.05) is 38.1 Å². The lowest BCUT2D eigenvalue weighted by Gasteiger charge is -2.31. The number of hydrogen-bond acceptors (Lipinski definition) is 4. The quantitative estimate of drug-likeness (QED) is 0.860. The third-order valence-corrected chi connectivity index (χ3v) is 6.62. The van der Waals surface area contributed by atoms with Gasteiger partial charge >= 0.3 is 6.03 Å². The van der Waals surface area contributed by atoms with Gasteiger partial charge in [0.25, 0.3) is 0 Å². The number of likely N-dealkylation sites (tertiary alicyclic amines) is 1. The van der Waals surface area contributed by atoms with Gasteiger partial charge in [-0.3, -0.25) is 0 Å². The second kappa shape index (κ2) is 7.84. The van der Waals surface area contributed by atoms with Crippen molar-refractivity contribution < 1.29 is 17.9 Å². The molecule has 3 rings (SSSR count). The van der Waals surface area contributed by atoms with Crippen LogP contribution >= 0.6 is 0 Å². The molecule has 8 heteroatoms. The maximum Gasteiger partial charge on any atom is 0.317 e. The lowest BCUT2D eigenvalue weighted by atomic mass is 9.98. The summed E-state index contributed by atoms with van der Waals surface area (Å²) >= 11 is 0. The van der Waals surface area contributed by atoms with E-state index in [9.17, 15) is 13.2 Å². The summed E-state index contributed by atoms with van der Waals surface area (Å²) in [6.45, 7) is 2.39. The summed E-state index contributed by atoms with van der Waals surface area (Å²) in [5.74, 6) is 1.18. The Morgan fingerprint density at radius 1 is 1.12 bits per heavy atom. The molecule has 2 aliphatic rings. The van der Waals surface area contributed by atoms with Crippen LogP contribution in [0.5, 0.6) is 5.75 Å². The number of rotatable bonds is 4. The van der Waals surface area contributed by atoms with Gasteiger partial charge in [-0.2, -0.15) is 0 Å². The Morgan fingerprint density at radius 3 is 2.35 bits per heavy atom. The molecule has 144 valence electrons. The monoisotopic (exact) mass is 381 g/mol. The minimum Gasteiger partial charge on any atom is -0.497 e. The van der Waals surface area contributed by atoms with Crippen LogP contribution in [0, 0.1) is 0 Å².